The van der Waals surface area contributed by atoms with E-state index < -0.39 is 0 Å². The van der Waals surface area contributed by atoms with E-state index in [1.165, 1.54) is 0 Å². The second kappa shape index (κ2) is 11.7. The summed E-state index contributed by atoms with van der Waals surface area (Å²) in [6, 6.07) is 0. The molecular weight excluding hydrogens is 321 g/mol. The molecule has 90 valence electrons. The second-order valence-corrected chi connectivity index (χ2v) is 3.84. The van der Waals surface area contributed by atoms with Crippen molar-refractivity contribution in [3.63, 3.8) is 0 Å². The van der Waals surface area contributed by atoms with Crippen molar-refractivity contribution in [3.05, 3.63) is 63.7 Å². The van der Waals surface area contributed by atoms with Crippen molar-refractivity contribution in [1.29, 1.82) is 0 Å². The van der Waals surface area contributed by atoms with E-state index in [1.54, 1.807) is 0 Å². The fraction of sp³-hybridized carbons (Fsp3) is 0.154. The van der Waals surface area contributed by atoms with E-state index in [0.717, 1.165) is 10.5 Å². The van der Waals surface area contributed by atoms with Crippen LogP contribution in [0.1, 0.15) is 0 Å². The number of hydrogen-bond acceptors (Lipinski definition) is 2. The third kappa shape index (κ3) is 8.40. The summed E-state index contributed by atoms with van der Waals surface area (Å²) in [5, 5.41) is 10.1. The molecule has 17 heavy (non-hydrogen) atoms. The van der Waals surface area contributed by atoms with Crippen LogP contribution in [0.25, 0.3) is 0 Å². The van der Waals surface area contributed by atoms with Crippen LogP contribution in [0.4, 0.5) is 0 Å². The summed E-state index contributed by atoms with van der Waals surface area (Å²) in [7, 11) is 0. The Morgan fingerprint density at radius 1 is 1.00 bits per heavy atom. The Morgan fingerprint density at radius 2 is 1.47 bits per heavy atom. The average molecular weight is 334 g/mol. The molecule has 2 rings (SSSR count). The van der Waals surface area contributed by atoms with Crippen LogP contribution in [-0.2, 0) is 17.1 Å². The Kier molecular flexibility index (Phi) is 12.2. The van der Waals surface area contributed by atoms with Gasteiger partial charge in [-0.15, -0.1) is 0 Å². The molecule has 0 saturated heterocycles. The quantitative estimate of drug-likeness (QED) is 0.542. The van der Waals surface area contributed by atoms with E-state index in [2.05, 4.69) is 21.0 Å². The molecule has 2 saturated carbocycles. The van der Waals surface area contributed by atoms with Gasteiger partial charge in [-0.05, 0) is 32.1 Å². The summed E-state index contributed by atoms with van der Waals surface area (Å²) < 4.78 is 0.825. The van der Waals surface area contributed by atoms with Gasteiger partial charge in [0.15, 0.2) is 0 Å². The normalized spacial score (nSPS) is 20.6. The summed E-state index contributed by atoms with van der Waals surface area (Å²) in [5.41, 5.74) is 0. The van der Waals surface area contributed by atoms with E-state index in [0.29, 0.717) is 6.54 Å². The Labute approximate surface area is 124 Å². The van der Waals surface area contributed by atoms with Gasteiger partial charge in [0.05, 0.1) is 0 Å². The molecule has 0 aliphatic heterocycles. The first-order valence-electron chi connectivity index (χ1n) is 5.03. The van der Waals surface area contributed by atoms with Crippen LogP contribution >= 0.6 is 0 Å². The minimum absolute atomic E-state index is 0. The first-order chi connectivity index (χ1) is 7.84. The second-order valence-electron chi connectivity index (χ2n) is 3.03. The van der Waals surface area contributed by atoms with Crippen LogP contribution < -0.4 is 5.11 Å². The van der Waals surface area contributed by atoms with E-state index in [1.807, 2.05) is 57.8 Å². The Morgan fingerprint density at radius 3 is 1.88 bits per heavy atom. The minimum atomic E-state index is -0.147. The van der Waals surface area contributed by atoms with Crippen molar-refractivity contribution in [2.45, 2.75) is 0 Å². The van der Waals surface area contributed by atoms with Crippen LogP contribution in [0, 0.1) is 63.7 Å². The molecule has 0 N–H and O–H groups in total. The molecule has 0 aromatic rings. The van der Waals surface area contributed by atoms with Gasteiger partial charge in [0.1, 0.15) is 0 Å². The fourth-order valence-corrected chi connectivity index (χ4v) is 1.55. The molecular formula is C13H13FeNOSe. The molecule has 0 atom stereocenters. The summed E-state index contributed by atoms with van der Waals surface area (Å²) in [4.78, 5) is 4.03. The van der Waals surface area contributed by atoms with Crippen LogP contribution in [0.2, 0.25) is 0 Å². The third-order valence-electron chi connectivity index (χ3n) is 1.81. The SMILES string of the molecule is [CH]1[CH][CH][CH][CH]1.[Fe+2].[O-]CCN=C([Se-])[C]1[CH][CH][CH][CH]1. The Balaban J connectivity index is 0.000000360. The molecule has 0 heterocycles. The van der Waals surface area contributed by atoms with Gasteiger partial charge in [-0.2, -0.15) is 0 Å². The molecule has 2 aliphatic rings. The van der Waals surface area contributed by atoms with Gasteiger partial charge in [-0.1, -0.05) is 0 Å². The van der Waals surface area contributed by atoms with Crippen LogP contribution in [0.15, 0.2) is 4.99 Å². The van der Waals surface area contributed by atoms with Gasteiger partial charge in [0.25, 0.3) is 0 Å². The standard InChI is InChI=1S/C8H9NOSe.C5H5.Fe/c10-6-5-9-8(11)7-3-1-2-4-7;1-2-4-5-3-1;/h1-4H,5-6H2,(H,9,11);1-5H;/q-1;;+2/p-1. The van der Waals surface area contributed by atoms with Crippen molar-refractivity contribution in [3.8, 4) is 0 Å². The molecule has 0 bridgehead atoms. The molecule has 0 amide bonds. The average Bonchev–Trinajstić information content (AvgIpc) is 2.98. The van der Waals surface area contributed by atoms with Gasteiger partial charge < -0.3 is 0 Å². The van der Waals surface area contributed by atoms with Crippen LogP contribution in [0.5, 0.6) is 0 Å². The van der Waals surface area contributed by atoms with E-state index in [4.69, 9.17) is 0 Å². The predicted molar refractivity (Wildman–Crippen MR) is 64.9 cm³/mol. The molecule has 2 aliphatic carbocycles. The van der Waals surface area contributed by atoms with Crippen LogP contribution in [0.3, 0.4) is 0 Å². The van der Waals surface area contributed by atoms with Crippen molar-refractivity contribution in [2.24, 2.45) is 4.99 Å². The predicted octanol–water partition coefficient (Wildman–Crippen LogP) is 0.338. The van der Waals surface area contributed by atoms with Gasteiger partial charge >= 0.3 is 92.5 Å². The topological polar surface area (TPSA) is 35.4 Å². The molecule has 4 heteroatoms. The first kappa shape index (κ1) is 17.7. The van der Waals surface area contributed by atoms with Crippen molar-refractivity contribution >= 4 is 20.6 Å². The van der Waals surface area contributed by atoms with Gasteiger partial charge in [0.2, 0.25) is 0 Å². The third-order valence-corrected chi connectivity index (χ3v) is 2.58. The summed E-state index contributed by atoms with van der Waals surface area (Å²) >= 11 is 2.83. The summed E-state index contributed by atoms with van der Waals surface area (Å²) in [6.07, 6.45) is 17.8. The molecule has 10 radical (unpaired) electrons. The van der Waals surface area contributed by atoms with E-state index in [-0.39, 0.29) is 23.7 Å². The fourth-order valence-electron chi connectivity index (χ4n) is 1.08. The zero-order valence-corrected chi connectivity index (χ0v) is 12.0. The summed E-state index contributed by atoms with van der Waals surface area (Å²) in [5.74, 6) is 1.05. The zero-order valence-electron chi connectivity index (χ0n) is 9.23. The number of hydrogen-bond donors (Lipinski definition) is 0. The van der Waals surface area contributed by atoms with Crippen LogP contribution in [-0.4, -0.2) is 33.8 Å². The maximum absolute atomic E-state index is 10.1. The molecule has 2 nitrogen and oxygen atoms in total. The molecule has 0 aromatic heterocycles. The molecule has 0 unspecified atom stereocenters. The zero-order chi connectivity index (χ0) is 11.6. The van der Waals surface area contributed by atoms with E-state index >= 15 is 0 Å². The molecule has 0 spiro atoms. The summed E-state index contributed by atoms with van der Waals surface area (Å²) in [6.45, 7) is 0.208. The maximum atomic E-state index is 10.1. The van der Waals surface area contributed by atoms with E-state index in [9.17, 15) is 5.11 Å². The van der Waals surface area contributed by atoms with Crippen molar-refractivity contribution in [2.75, 3.05) is 13.2 Å². The monoisotopic (exact) mass is 335 g/mol. The van der Waals surface area contributed by atoms with Crippen molar-refractivity contribution < 1.29 is 22.2 Å². The Bertz CT molecular complexity index is 194. The number of aliphatic imine (C=N–C) groups is 1. The number of rotatable bonds is 3. The molecule has 2 fully saturated rings. The van der Waals surface area contributed by atoms with Gasteiger partial charge in [-0.3, -0.25) is 0 Å². The number of nitrogens with zero attached hydrogens (tertiary/aromatic N) is 1. The first-order valence-corrected chi connectivity index (χ1v) is 5.88. The Hall–Kier alpha value is 0.669. The van der Waals surface area contributed by atoms with Gasteiger partial charge in [-0.25, -0.2) is 0 Å². The van der Waals surface area contributed by atoms with Crippen molar-refractivity contribution in [1.82, 2.24) is 0 Å². The molecule has 0 aromatic carbocycles. The van der Waals surface area contributed by atoms with Gasteiger partial charge in [0, 0.05) is 0 Å².